The molecule has 0 unspecified atom stereocenters. The van der Waals surface area contributed by atoms with Crippen LogP contribution >= 0.6 is 0 Å². The quantitative estimate of drug-likeness (QED) is 0.231. The first-order chi connectivity index (χ1) is 22.1. The Morgan fingerprint density at radius 3 is 2.57 bits per heavy atom. The molecule has 3 aromatic carbocycles. The van der Waals surface area contributed by atoms with E-state index in [9.17, 15) is 30.3 Å². The molecule has 0 aliphatic carbocycles. The van der Waals surface area contributed by atoms with E-state index in [4.69, 9.17) is 28.4 Å². The van der Waals surface area contributed by atoms with Gasteiger partial charge in [0.25, 0.3) is 5.79 Å². The SMILES string of the molecule is CNC[C@]1(C(=O)O)O[C@]2(C=Cc3c(cc(-c4cccc(O)c4)c4c3OC[C@H]3c5ccc(OC)c(OC)c5O[C@@H]43)O2)[C@H](O)[C@@H](O)[C@@H]1O. The van der Waals surface area contributed by atoms with Crippen LogP contribution in [0, 0.1) is 0 Å². The number of hydrogen-bond acceptors (Lipinski definition) is 12. The largest absolute Gasteiger partial charge is 0.508 e. The number of aliphatic carboxylic acids is 1. The van der Waals surface area contributed by atoms with Gasteiger partial charge in [0, 0.05) is 17.7 Å². The van der Waals surface area contributed by atoms with Crippen LogP contribution in [-0.4, -0.2) is 95.6 Å². The molecule has 13 nitrogen and oxygen atoms in total. The molecule has 242 valence electrons. The number of aliphatic hydroxyl groups excluding tert-OH is 3. The number of aromatic hydroxyl groups is 1. The number of phenols is 1. The molecule has 0 bridgehead atoms. The van der Waals surface area contributed by atoms with Crippen LogP contribution in [0.25, 0.3) is 17.2 Å². The lowest BCUT2D eigenvalue weighted by atomic mass is 9.81. The van der Waals surface area contributed by atoms with Crippen molar-refractivity contribution in [1.82, 2.24) is 5.32 Å². The van der Waals surface area contributed by atoms with Gasteiger partial charge in [-0.05, 0) is 54.6 Å². The average Bonchev–Trinajstić information content (AvgIpc) is 3.44. The van der Waals surface area contributed by atoms with E-state index in [0.29, 0.717) is 45.3 Å². The molecular weight excluding hydrogens is 602 g/mol. The number of fused-ring (bicyclic) bond motifs is 7. The maximum Gasteiger partial charge on any atom is 0.340 e. The zero-order chi connectivity index (χ0) is 32.5. The van der Waals surface area contributed by atoms with Crippen molar-refractivity contribution in [2.45, 2.75) is 41.7 Å². The van der Waals surface area contributed by atoms with E-state index in [1.165, 1.54) is 26.3 Å². The topological polar surface area (TPSA) is 186 Å². The van der Waals surface area contributed by atoms with Gasteiger partial charge in [0.1, 0.15) is 35.6 Å². The summed E-state index contributed by atoms with van der Waals surface area (Å²) in [4.78, 5) is 12.5. The Morgan fingerprint density at radius 1 is 1.07 bits per heavy atom. The molecule has 46 heavy (non-hydrogen) atoms. The fourth-order valence-corrected chi connectivity index (χ4v) is 6.93. The van der Waals surface area contributed by atoms with E-state index in [1.54, 1.807) is 37.5 Å². The highest BCUT2D eigenvalue weighted by atomic mass is 16.7. The molecule has 13 heteroatoms. The van der Waals surface area contributed by atoms with Gasteiger partial charge in [0.05, 0.1) is 32.3 Å². The molecule has 6 N–H and O–H groups in total. The smallest absolute Gasteiger partial charge is 0.340 e. The van der Waals surface area contributed by atoms with Gasteiger partial charge in [-0.25, -0.2) is 4.79 Å². The Balaban J connectivity index is 1.39. The van der Waals surface area contributed by atoms with Crippen molar-refractivity contribution in [2.24, 2.45) is 0 Å². The van der Waals surface area contributed by atoms with Crippen LogP contribution in [-0.2, 0) is 9.53 Å². The Morgan fingerprint density at radius 2 is 1.87 bits per heavy atom. The average molecular weight is 636 g/mol. The first kappa shape index (κ1) is 30.1. The number of nitrogens with one attached hydrogen (secondary N) is 1. The van der Waals surface area contributed by atoms with Crippen molar-refractivity contribution in [3.05, 3.63) is 65.2 Å². The zero-order valence-electron chi connectivity index (χ0n) is 25.1. The van der Waals surface area contributed by atoms with Crippen molar-refractivity contribution in [2.75, 3.05) is 34.4 Å². The molecule has 0 saturated carbocycles. The number of carbonyl (C=O) groups is 1. The number of aliphatic hydroxyl groups is 3. The fourth-order valence-electron chi connectivity index (χ4n) is 6.93. The van der Waals surface area contributed by atoms with Crippen LogP contribution in [0.15, 0.2) is 48.5 Å². The summed E-state index contributed by atoms with van der Waals surface area (Å²) in [6.07, 6.45) is -3.48. The van der Waals surface area contributed by atoms with E-state index in [0.717, 1.165) is 5.56 Å². The van der Waals surface area contributed by atoms with Crippen LogP contribution in [0.1, 0.15) is 28.7 Å². The number of hydrogen-bond donors (Lipinski definition) is 6. The zero-order valence-corrected chi connectivity index (χ0v) is 25.1. The molecule has 7 atom stereocenters. The lowest BCUT2D eigenvalue weighted by Crippen LogP contribution is -2.75. The molecule has 0 radical (unpaired) electrons. The third-order valence-corrected chi connectivity index (χ3v) is 9.14. The fraction of sp³-hybridized carbons (Fsp3) is 0.364. The van der Waals surface area contributed by atoms with Crippen LogP contribution in [0.2, 0.25) is 0 Å². The van der Waals surface area contributed by atoms with E-state index < -0.39 is 48.3 Å². The molecular formula is C33H33NO12. The van der Waals surface area contributed by atoms with E-state index >= 15 is 0 Å². The summed E-state index contributed by atoms with van der Waals surface area (Å²) in [5.41, 5.74) is 0.782. The van der Waals surface area contributed by atoms with Crippen molar-refractivity contribution < 1.29 is 58.7 Å². The number of carboxylic acids is 1. The number of benzene rings is 3. The molecule has 4 aliphatic heterocycles. The second kappa shape index (κ2) is 10.8. The van der Waals surface area contributed by atoms with Gasteiger partial charge >= 0.3 is 5.97 Å². The highest BCUT2D eigenvalue weighted by molar-refractivity contribution is 5.83. The molecule has 1 spiro atoms. The summed E-state index contributed by atoms with van der Waals surface area (Å²) in [5.74, 6) is -1.95. The standard InChI is InChI=1S/C33H33NO12/c1-34-14-32(31(39)40)29(37)24(36)30(38)33(46-32)10-9-18-22(45-33)12-19(15-5-4-6-16(35)11-15)23-25(18)43-13-20-17-7-8-21(41-2)28(42-3)27(17)44-26(20)23/h4-12,20,24,26,29-30,34-38H,13-14H2,1-3H3,(H,39,40)/t20-,24-,26+,29-,30+,32-,33+/m0/s1. The van der Waals surface area contributed by atoms with Gasteiger partial charge in [-0.2, -0.15) is 0 Å². The normalized spacial score (nSPS) is 30.2. The number of carboxylic acid groups (broad SMARTS) is 1. The molecule has 0 aromatic heterocycles. The Kier molecular flexibility index (Phi) is 7.06. The van der Waals surface area contributed by atoms with Crippen LogP contribution in [0.3, 0.4) is 0 Å². The van der Waals surface area contributed by atoms with Crippen LogP contribution < -0.4 is 29.0 Å². The predicted octanol–water partition coefficient (Wildman–Crippen LogP) is 1.94. The lowest BCUT2D eigenvalue weighted by Gasteiger charge is -2.52. The summed E-state index contributed by atoms with van der Waals surface area (Å²) >= 11 is 0. The Bertz CT molecular complexity index is 1760. The van der Waals surface area contributed by atoms with Gasteiger partial charge < -0.3 is 59.3 Å². The molecule has 0 amide bonds. The summed E-state index contributed by atoms with van der Waals surface area (Å²) in [6, 6.07) is 12.0. The Hall–Kier alpha value is -4.53. The summed E-state index contributed by atoms with van der Waals surface area (Å²) < 4.78 is 36.5. The maximum atomic E-state index is 12.5. The minimum atomic E-state index is -2.37. The number of rotatable bonds is 6. The van der Waals surface area contributed by atoms with Gasteiger partial charge in [0.15, 0.2) is 17.6 Å². The predicted molar refractivity (Wildman–Crippen MR) is 160 cm³/mol. The third kappa shape index (κ3) is 4.16. The highest BCUT2D eigenvalue weighted by Crippen LogP contribution is 2.60. The molecule has 1 saturated heterocycles. The molecule has 1 fully saturated rings. The summed E-state index contributed by atoms with van der Waals surface area (Å²) in [7, 11) is 4.54. The molecule has 4 heterocycles. The number of methoxy groups -OCH3 is 2. The van der Waals surface area contributed by atoms with Crippen molar-refractivity contribution in [1.29, 1.82) is 0 Å². The minimum Gasteiger partial charge on any atom is -0.508 e. The maximum absolute atomic E-state index is 12.5. The summed E-state index contributed by atoms with van der Waals surface area (Å²) in [5, 5.41) is 56.1. The Labute approximate surface area is 263 Å². The molecule has 7 rings (SSSR count). The van der Waals surface area contributed by atoms with Crippen LogP contribution in [0.5, 0.6) is 34.5 Å². The van der Waals surface area contributed by atoms with Crippen LogP contribution in [0.4, 0.5) is 0 Å². The van der Waals surface area contributed by atoms with Crippen molar-refractivity contribution >= 4 is 12.0 Å². The second-order valence-electron chi connectivity index (χ2n) is 11.7. The third-order valence-electron chi connectivity index (χ3n) is 9.14. The van der Waals surface area contributed by atoms with Crippen molar-refractivity contribution in [3.8, 4) is 45.6 Å². The summed E-state index contributed by atoms with van der Waals surface area (Å²) in [6.45, 7) is -0.181. The highest BCUT2D eigenvalue weighted by Gasteiger charge is 2.65. The van der Waals surface area contributed by atoms with Gasteiger partial charge in [-0.3, -0.25) is 0 Å². The number of likely N-dealkylation sites (N-methyl/N-ethyl adjacent to an activating group) is 1. The second-order valence-corrected chi connectivity index (χ2v) is 11.7. The molecule has 4 aliphatic rings. The first-order valence-corrected chi connectivity index (χ1v) is 14.6. The molecule has 3 aromatic rings. The number of phenolic OH excluding ortho intramolecular Hbond substituents is 1. The van der Waals surface area contributed by atoms with Gasteiger partial charge in [0.2, 0.25) is 11.4 Å². The van der Waals surface area contributed by atoms with Crippen molar-refractivity contribution in [3.63, 3.8) is 0 Å². The first-order valence-electron chi connectivity index (χ1n) is 14.6. The monoisotopic (exact) mass is 635 g/mol. The van der Waals surface area contributed by atoms with Gasteiger partial charge in [-0.15, -0.1) is 0 Å². The van der Waals surface area contributed by atoms with E-state index in [1.807, 2.05) is 12.1 Å². The van der Waals surface area contributed by atoms with E-state index in [-0.39, 0.29) is 24.0 Å². The van der Waals surface area contributed by atoms with E-state index in [2.05, 4.69) is 5.32 Å². The minimum absolute atomic E-state index is 0.0121. The number of ether oxygens (including phenoxy) is 6. The lowest BCUT2D eigenvalue weighted by molar-refractivity contribution is -0.340. The van der Waals surface area contributed by atoms with Gasteiger partial charge in [-0.1, -0.05) is 18.2 Å².